The molecular weight excluding hydrogens is 280 g/mol. The van der Waals surface area contributed by atoms with Crippen molar-refractivity contribution in [2.75, 3.05) is 0 Å². The summed E-state index contributed by atoms with van der Waals surface area (Å²) in [6.07, 6.45) is 0. The van der Waals surface area contributed by atoms with E-state index in [0.717, 1.165) is 16.6 Å². The number of fused-ring (bicyclic) bond motifs is 1. The highest BCUT2D eigenvalue weighted by Crippen LogP contribution is 2.11. The average molecular weight is 296 g/mol. The Hall–Kier alpha value is -2.82. The SMILES string of the molecule is Cn1c(=O)n(CC(=O)OCc2ccccc2)c2ccccc21. The number of nitrogens with zero attached hydrogens (tertiary/aromatic N) is 2. The molecule has 112 valence electrons. The van der Waals surface area contributed by atoms with Crippen molar-refractivity contribution in [3.05, 3.63) is 70.6 Å². The van der Waals surface area contributed by atoms with E-state index in [1.54, 1.807) is 7.05 Å². The second-order valence-electron chi connectivity index (χ2n) is 5.06. The topological polar surface area (TPSA) is 53.2 Å². The molecule has 0 saturated carbocycles. The maximum Gasteiger partial charge on any atom is 0.329 e. The second kappa shape index (κ2) is 5.89. The molecular formula is C17H16N2O3. The van der Waals surface area contributed by atoms with Crippen molar-refractivity contribution in [3.63, 3.8) is 0 Å². The highest BCUT2D eigenvalue weighted by atomic mass is 16.5. The molecule has 0 fully saturated rings. The molecule has 2 aromatic carbocycles. The molecule has 0 amide bonds. The number of para-hydroxylation sites is 2. The zero-order chi connectivity index (χ0) is 15.5. The first-order chi connectivity index (χ1) is 10.7. The van der Waals surface area contributed by atoms with Crippen LogP contribution in [0.25, 0.3) is 11.0 Å². The van der Waals surface area contributed by atoms with Crippen LogP contribution >= 0.6 is 0 Å². The summed E-state index contributed by atoms with van der Waals surface area (Å²) in [5.41, 5.74) is 2.22. The summed E-state index contributed by atoms with van der Waals surface area (Å²) in [5.74, 6) is -0.428. The molecule has 1 aromatic heterocycles. The van der Waals surface area contributed by atoms with Gasteiger partial charge < -0.3 is 4.74 Å². The standard InChI is InChI=1S/C17H16N2O3/c1-18-14-9-5-6-10-15(14)19(17(18)21)11-16(20)22-12-13-7-3-2-4-8-13/h2-10H,11-12H2,1H3. The highest BCUT2D eigenvalue weighted by molar-refractivity contribution is 5.78. The van der Waals surface area contributed by atoms with Crippen LogP contribution in [-0.2, 0) is 29.7 Å². The third kappa shape index (κ3) is 2.65. The molecule has 5 nitrogen and oxygen atoms in total. The van der Waals surface area contributed by atoms with Crippen LogP contribution in [0.2, 0.25) is 0 Å². The Morgan fingerprint density at radius 1 is 1.00 bits per heavy atom. The van der Waals surface area contributed by atoms with Gasteiger partial charge in [-0.25, -0.2) is 4.79 Å². The van der Waals surface area contributed by atoms with Crippen LogP contribution in [0, 0.1) is 0 Å². The highest BCUT2D eigenvalue weighted by Gasteiger charge is 2.13. The van der Waals surface area contributed by atoms with Gasteiger partial charge in [-0.1, -0.05) is 42.5 Å². The first kappa shape index (κ1) is 14.1. The van der Waals surface area contributed by atoms with E-state index in [9.17, 15) is 9.59 Å². The van der Waals surface area contributed by atoms with Gasteiger partial charge in [0.1, 0.15) is 13.2 Å². The fraction of sp³-hybridized carbons (Fsp3) is 0.176. The fourth-order valence-corrected chi connectivity index (χ4v) is 2.43. The zero-order valence-corrected chi connectivity index (χ0v) is 12.2. The van der Waals surface area contributed by atoms with E-state index in [1.165, 1.54) is 9.13 Å². The minimum absolute atomic E-state index is 0.0903. The summed E-state index contributed by atoms with van der Waals surface area (Å²) in [7, 11) is 1.69. The number of aryl methyl sites for hydroxylation is 1. The minimum atomic E-state index is -0.428. The van der Waals surface area contributed by atoms with Crippen molar-refractivity contribution < 1.29 is 9.53 Å². The Bertz CT molecular complexity index is 862. The zero-order valence-electron chi connectivity index (χ0n) is 12.2. The summed E-state index contributed by atoms with van der Waals surface area (Å²) >= 11 is 0. The van der Waals surface area contributed by atoms with Crippen molar-refractivity contribution in [2.45, 2.75) is 13.2 Å². The third-order valence-corrected chi connectivity index (χ3v) is 3.58. The molecule has 0 spiro atoms. The molecule has 3 rings (SSSR count). The molecule has 0 saturated heterocycles. The maximum absolute atomic E-state index is 12.2. The van der Waals surface area contributed by atoms with Gasteiger partial charge in [-0.3, -0.25) is 13.9 Å². The number of hydrogen-bond acceptors (Lipinski definition) is 3. The molecule has 0 aliphatic heterocycles. The lowest BCUT2D eigenvalue weighted by Crippen LogP contribution is -2.26. The molecule has 0 bridgehead atoms. The van der Waals surface area contributed by atoms with Crippen molar-refractivity contribution >= 4 is 17.0 Å². The number of rotatable bonds is 4. The quantitative estimate of drug-likeness (QED) is 0.693. The summed E-state index contributed by atoms with van der Waals surface area (Å²) < 4.78 is 8.20. The molecule has 0 radical (unpaired) electrons. The molecule has 0 N–H and O–H groups in total. The van der Waals surface area contributed by atoms with Gasteiger partial charge in [-0.15, -0.1) is 0 Å². The number of imidazole rings is 1. The minimum Gasteiger partial charge on any atom is -0.459 e. The van der Waals surface area contributed by atoms with Crippen molar-refractivity contribution in [3.8, 4) is 0 Å². The maximum atomic E-state index is 12.2. The molecule has 22 heavy (non-hydrogen) atoms. The van der Waals surface area contributed by atoms with Crippen LogP contribution in [0.15, 0.2) is 59.4 Å². The van der Waals surface area contributed by atoms with E-state index in [4.69, 9.17) is 4.74 Å². The van der Waals surface area contributed by atoms with E-state index < -0.39 is 5.97 Å². The summed E-state index contributed by atoms with van der Waals surface area (Å²) in [5, 5.41) is 0. The van der Waals surface area contributed by atoms with Crippen LogP contribution in [0.4, 0.5) is 0 Å². The van der Waals surface area contributed by atoms with Gasteiger partial charge in [0.25, 0.3) is 0 Å². The Kier molecular flexibility index (Phi) is 3.78. The van der Waals surface area contributed by atoms with Gasteiger partial charge in [0.15, 0.2) is 0 Å². The van der Waals surface area contributed by atoms with Gasteiger partial charge in [0, 0.05) is 7.05 Å². The predicted molar refractivity (Wildman–Crippen MR) is 83.4 cm³/mol. The summed E-state index contributed by atoms with van der Waals surface area (Å²) in [6.45, 7) is 0.117. The first-order valence-electron chi connectivity index (χ1n) is 7.00. The molecule has 0 atom stereocenters. The molecule has 0 unspecified atom stereocenters. The Morgan fingerprint density at radius 3 is 2.36 bits per heavy atom. The van der Waals surface area contributed by atoms with E-state index in [2.05, 4.69) is 0 Å². The van der Waals surface area contributed by atoms with Gasteiger partial charge in [0.05, 0.1) is 11.0 Å². The molecule has 3 aromatic rings. The third-order valence-electron chi connectivity index (χ3n) is 3.58. The number of benzene rings is 2. The molecule has 1 heterocycles. The van der Waals surface area contributed by atoms with Crippen LogP contribution in [0.5, 0.6) is 0 Å². The summed E-state index contributed by atoms with van der Waals surface area (Å²) in [4.78, 5) is 24.2. The molecule has 0 aliphatic rings. The first-order valence-corrected chi connectivity index (χ1v) is 7.00. The normalized spacial score (nSPS) is 10.8. The summed E-state index contributed by atoms with van der Waals surface area (Å²) in [6, 6.07) is 16.8. The van der Waals surface area contributed by atoms with E-state index >= 15 is 0 Å². The van der Waals surface area contributed by atoms with Crippen molar-refractivity contribution in [2.24, 2.45) is 7.05 Å². The van der Waals surface area contributed by atoms with Gasteiger partial charge in [-0.2, -0.15) is 0 Å². The van der Waals surface area contributed by atoms with E-state index in [-0.39, 0.29) is 18.8 Å². The molecule has 5 heteroatoms. The molecule has 0 aliphatic carbocycles. The second-order valence-corrected chi connectivity index (χ2v) is 5.06. The number of ether oxygens (including phenoxy) is 1. The fourth-order valence-electron chi connectivity index (χ4n) is 2.43. The number of esters is 1. The lowest BCUT2D eigenvalue weighted by atomic mass is 10.2. The number of aromatic nitrogens is 2. The lowest BCUT2D eigenvalue weighted by Gasteiger charge is -2.05. The van der Waals surface area contributed by atoms with E-state index in [1.807, 2.05) is 54.6 Å². The van der Waals surface area contributed by atoms with Crippen LogP contribution < -0.4 is 5.69 Å². The van der Waals surface area contributed by atoms with Crippen LogP contribution in [-0.4, -0.2) is 15.1 Å². The number of hydrogen-bond donors (Lipinski definition) is 0. The van der Waals surface area contributed by atoms with Gasteiger partial charge in [0.2, 0.25) is 0 Å². The van der Waals surface area contributed by atoms with Gasteiger partial charge in [-0.05, 0) is 17.7 Å². The smallest absolute Gasteiger partial charge is 0.329 e. The predicted octanol–water partition coefficient (Wildman–Crippen LogP) is 2.08. The monoisotopic (exact) mass is 296 g/mol. The average Bonchev–Trinajstić information content (AvgIpc) is 2.79. The van der Waals surface area contributed by atoms with Gasteiger partial charge >= 0.3 is 11.7 Å². The Morgan fingerprint density at radius 2 is 1.64 bits per heavy atom. The van der Waals surface area contributed by atoms with E-state index in [0.29, 0.717) is 0 Å². The van der Waals surface area contributed by atoms with Crippen molar-refractivity contribution in [1.29, 1.82) is 0 Å². The van der Waals surface area contributed by atoms with Crippen molar-refractivity contribution in [1.82, 2.24) is 9.13 Å². The largest absolute Gasteiger partial charge is 0.459 e. The van der Waals surface area contributed by atoms with Crippen LogP contribution in [0.3, 0.4) is 0 Å². The lowest BCUT2D eigenvalue weighted by molar-refractivity contribution is -0.145. The Labute approximate surface area is 127 Å². The number of carbonyl (C=O) groups excluding carboxylic acids is 1. The van der Waals surface area contributed by atoms with Crippen LogP contribution in [0.1, 0.15) is 5.56 Å². The Balaban J connectivity index is 1.77. The number of carbonyl (C=O) groups is 1.